The molecule has 0 N–H and O–H groups in total. The number of nitrogens with zero attached hydrogens (tertiary/aromatic N) is 1. The van der Waals surface area contributed by atoms with Gasteiger partial charge in [0.15, 0.2) is 0 Å². The molecule has 0 bridgehead atoms. The lowest BCUT2D eigenvalue weighted by molar-refractivity contribution is 0.0512. The van der Waals surface area contributed by atoms with Crippen LogP contribution in [0.1, 0.15) is 13.8 Å². The summed E-state index contributed by atoms with van der Waals surface area (Å²) in [5, 5.41) is 8.66. The van der Waals surface area contributed by atoms with Gasteiger partial charge in [-0.15, -0.1) is 0 Å². The number of nitriles is 1. The molecule has 0 spiro atoms. The highest BCUT2D eigenvalue weighted by atomic mass is 16.5. The van der Waals surface area contributed by atoms with Crippen LogP contribution in [0, 0.1) is 11.3 Å². The Labute approximate surface area is 66.8 Å². The fourth-order valence-electron chi connectivity index (χ4n) is 1.23. The van der Waals surface area contributed by atoms with Crippen molar-refractivity contribution in [3.8, 4) is 6.07 Å². The zero-order valence-corrected chi connectivity index (χ0v) is 6.85. The van der Waals surface area contributed by atoms with Crippen LogP contribution in [0.2, 0.25) is 0 Å². The van der Waals surface area contributed by atoms with Gasteiger partial charge in [-0.3, -0.25) is 0 Å². The molecular weight excluding hydrogens is 138 g/mol. The first-order chi connectivity index (χ1) is 5.11. The normalized spacial score (nSPS) is 21.5. The molecule has 0 aliphatic carbocycles. The van der Waals surface area contributed by atoms with Crippen molar-refractivity contribution < 1.29 is 4.74 Å². The summed E-state index contributed by atoms with van der Waals surface area (Å²) in [5.41, 5.74) is 1.29. The smallest absolute Gasteiger partial charge is 0.0975 e. The van der Waals surface area contributed by atoms with E-state index in [4.69, 9.17) is 10.00 Å². The second kappa shape index (κ2) is 2.52. The molecule has 1 aliphatic heterocycles. The van der Waals surface area contributed by atoms with Gasteiger partial charge >= 0.3 is 0 Å². The standard InChI is InChI=1S/C9H11NO/c1-4-8-7(5-10)6-11-9(8,2)3/h4H,1,6H2,2-3H3. The summed E-state index contributed by atoms with van der Waals surface area (Å²) in [6.45, 7) is 7.95. The van der Waals surface area contributed by atoms with Crippen LogP contribution in [0.3, 0.4) is 0 Å². The predicted molar refractivity (Wildman–Crippen MR) is 42.9 cm³/mol. The Morgan fingerprint density at radius 1 is 1.73 bits per heavy atom. The summed E-state index contributed by atoms with van der Waals surface area (Å²) in [5.74, 6) is 0. The van der Waals surface area contributed by atoms with Crippen LogP contribution in [0.5, 0.6) is 0 Å². The molecule has 0 fully saturated rings. The van der Waals surface area contributed by atoms with E-state index >= 15 is 0 Å². The molecule has 0 unspecified atom stereocenters. The van der Waals surface area contributed by atoms with E-state index in [2.05, 4.69) is 12.6 Å². The lowest BCUT2D eigenvalue weighted by Crippen LogP contribution is -2.20. The molecule has 1 aliphatic rings. The summed E-state index contributed by atoms with van der Waals surface area (Å²) in [6.07, 6.45) is 1.70. The molecule has 11 heavy (non-hydrogen) atoms. The molecule has 0 atom stereocenters. The van der Waals surface area contributed by atoms with E-state index in [0.717, 1.165) is 5.57 Å². The summed E-state index contributed by atoms with van der Waals surface area (Å²) in [7, 11) is 0. The monoisotopic (exact) mass is 149 g/mol. The number of hydrogen-bond donors (Lipinski definition) is 0. The Morgan fingerprint density at radius 2 is 2.36 bits per heavy atom. The van der Waals surface area contributed by atoms with E-state index < -0.39 is 0 Å². The van der Waals surface area contributed by atoms with Crippen molar-refractivity contribution in [3.63, 3.8) is 0 Å². The van der Waals surface area contributed by atoms with Crippen molar-refractivity contribution in [1.82, 2.24) is 0 Å². The van der Waals surface area contributed by atoms with Crippen molar-refractivity contribution in [2.75, 3.05) is 6.61 Å². The van der Waals surface area contributed by atoms with Gasteiger partial charge in [0.25, 0.3) is 0 Å². The Balaban J connectivity index is 3.09. The molecule has 58 valence electrons. The third kappa shape index (κ3) is 1.20. The van der Waals surface area contributed by atoms with Crippen LogP contribution in [-0.4, -0.2) is 12.2 Å². The maximum atomic E-state index is 8.66. The molecule has 0 saturated heterocycles. The molecule has 1 heterocycles. The first-order valence-corrected chi connectivity index (χ1v) is 3.52. The van der Waals surface area contributed by atoms with E-state index in [1.54, 1.807) is 6.08 Å². The van der Waals surface area contributed by atoms with Crippen LogP contribution in [0.25, 0.3) is 0 Å². The fourth-order valence-corrected chi connectivity index (χ4v) is 1.23. The number of rotatable bonds is 1. The summed E-state index contributed by atoms with van der Waals surface area (Å²) >= 11 is 0. The SMILES string of the molecule is C=CC1=C(C#N)COC1(C)C. The van der Waals surface area contributed by atoms with E-state index in [1.165, 1.54) is 0 Å². The zero-order chi connectivity index (χ0) is 8.48. The zero-order valence-electron chi connectivity index (χ0n) is 6.85. The highest BCUT2D eigenvalue weighted by Gasteiger charge is 2.31. The minimum atomic E-state index is -0.327. The van der Waals surface area contributed by atoms with Crippen LogP contribution in [0.4, 0.5) is 0 Å². The molecule has 0 aromatic heterocycles. The molecule has 2 nitrogen and oxygen atoms in total. The maximum Gasteiger partial charge on any atom is 0.0975 e. The van der Waals surface area contributed by atoms with Gasteiger partial charge in [0.1, 0.15) is 0 Å². The first kappa shape index (κ1) is 8.03. The predicted octanol–water partition coefficient (Wildman–Crippen LogP) is 1.80. The highest BCUT2D eigenvalue weighted by Crippen LogP contribution is 2.31. The molecular formula is C9H11NO. The Hall–Kier alpha value is -1.07. The van der Waals surface area contributed by atoms with E-state index in [9.17, 15) is 0 Å². The van der Waals surface area contributed by atoms with Gasteiger partial charge in [-0.1, -0.05) is 12.7 Å². The Bertz CT molecular complexity index is 255. The van der Waals surface area contributed by atoms with E-state index in [1.807, 2.05) is 13.8 Å². The summed E-state index contributed by atoms with van der Waals surface area (Å²) in [4.78, 5) is 0. The highest BCUT2D eigenvalue weighted by molar-refractivity contribution is 5.42. The molecule has 0 saturated carbocycles. The van der Waals surface area contributed by atoms with Crippen molar-refractivity contribution >= 4 is 0 Å². The molecule has 2 heteroatoms. The van der Waals surface area contributed by atoms with Crippen LogP contribution in [0.15, 0.2) is 23.8 Å². The fraction of sp³-hybridized carbons (Fsp3) is 0.444. The van der Waals surface area contributed by atoms with Gasteiger partial charge in [0.2, 0.25) is 0 Å². The van der Waals surface area contributed by atoms with Crippen LogP contribution >= 0.6 is 0 Å². The van der Waals surface area contributed by atoms with Crippen molar-refractivity contribution in [1.29, 1.82) is 5.26 Å². The average Bonchev–Trinajstić information content (AvgIpc) is 2.24. The van der Waals surface area contributed by atoms with E-state index in [0.29, 0.717) is 12.2 Å². The lowest BCUT2D eigenvalue weighted by Gasteiger charge is -2.18. The number of hydrogen-bond acceptors (Lipinski definition) is 2. The third-order valence-electron chi connectivity index (χ3n) is 1.89. The molecule has 0 radical (unpaired) electrons. The van der Waals surface area contributed by atoms with E-state index in [-0.39, 0.29) is 5.60 Å². The van der Waals surface area contributed by atoms with Crippen molar-refractivity contribution in [2.24, 2.45) is 0 Å². The largest absolute Gasteiger partial charge is 0.365 e. The Morgan fingerprint density at radius 3 is 2.73 bits per heavy atom. The topological polar surface area (TPSA) is 33.0 Å². The minimum Gasteiger partial charge on any atom is -0.365 e. The second-order valence-electron chi connectivity index (χ2n) is 3.01. The summed E-state index contributed by atoms with van der Waals surface area (Å²) in [6, 6.07) is 2.10. The maximum absolute atomic E-state index is 8.66. The molecule has 1 rings (SSSR count). The first-order valence-electron chi connectivity index (χ1n) is 3.52. The quantitative estimate of drug-likeness (QED) is 0.569. The molecule has 0 aromatic rings. The molecule has 0 aromatic carbocycles. The van der Waals surface area contributed by atoms with Gasteiger partial charge < -0.3 is 4.74 Å². The Kier molecular flexibility index (Phi) is 1.84. The van der Waals surface area contributed by atoms with Gasteiger partial charge in [-0.2, -0.15) is 5.26 Å². The number of ether oxygens (including phenoxy) is 1. The van der Waals surface area contributed by atoms with Crippen LogP contribution in [-0.2, 0) is 4.74 Å². The third-order valence-corrected chi connectivity index (χ3v) is 1.89. The van der Waals surface area contributed by atoms with Gasteiger partial charge in [-0.25, -0.2) is 0 Å². The summed E-state index contributed by atoms with van der Waals surface area (Å²) < 4.78 is 5.38. The lowest BCUT2D eigenvalue weighted by atomic mass is 9.96. The van der Waals surface area contributed by atoms with Gasteiger partial charge in [0.05, 0.1) is 23.9 Å². The second-order valence-corrected chi connectivity index (χ2v) is 3.01. The molecule has 0 amide bonds. The van der Waals surface area contributed by atoms with Crippen LogP contribution < -0.4 is 0 Å². The van der Waals surface area contributed by atoms with Crippen molar-refractivity contribution in [2.45, 2.75) is 19.4 Å². The minimum absolute atomic E-state index is 0.327. The van der Waals surface area contributed by atoms with Gasteiger partial charge in [-0.05, 0) is 19.4 Å². The average molecular weight is 149 g/mol. The van der Waals surface area contributed by atoms with Gasteiger partial charge in [0, 0.05) is 0 Å². The van der Waals surface area contributed by atoms with Crippen molar-refractivity contribution in [3.05, 3.63) is 23.8 Å².